The van der Waals surface area contributed by atoms with Crippen molar-refractivity contribution in [2.75, 3.05) is 18.6 Å². The molecule has 3 aromatic rings. The molecule has 1 heterocycles. The molecule has 0 bridgehead atoms. The fourth-order valence-corrected chi connectivity index (χ4v) is 3.75. The van der Waals surface area contributed by atoms with Crippen LogP contribution < -0.4 is 4.74 Å². The molecule has 1 aromatic heterocycles. The van der Waals surface area contributed by atoms with Gasteiger partial charge in [-0.05, 0) is 59.0 Å². The molecule has 3 rings (SSSR count). The lowest BCUT2D eigenvalue weighted by Crippen LogP contribution is -1.99. The van der Waals surface area contributed by atoms with E-state index in [2.05, 4.69) is 15.5 Å². The molecule has 0 saturated carbocycles. The lowest BCUT2D eigenvalue weighted by molar-refractivity contribution is 0.414. The predicted molar refractivity (Wildman–Crippen MR) is 93.6 cm³/mol. The number of hydrogen-bond donors (Lipinski definition) is 0. The van der Waals surface area contributed by atoms with Gasteiger partial charge in [0.05, 0.1) is 12.8 Å². The Labute approximate surface area is 147 Å². The van der Waals surface area contributed by atoms with E-state index in [1.807, 2.05) is 24.3 Å². The quantitative estimate of drug-likeness (QED) is 0.472. The van der Waals surface area contributed by atoms with E-state index in [4.69, 9.17) is 4.74 Å². The summed E-state index contributed by atoms with van der Waals surface area (Å²) >= 11 is 3.26. The molecule has 5 nitrogen and oxygen atoms in total. The highest BCUT2D eigenvalue weighted by Gasteiger charge is 2.09. The van der Waals surface area contributed by atoms with Crippen molar-refractivity contribution in [3.05, 3.63) is 54.3 Å². The Morgan fingerprint density at radius 2 is 1.71 bits per heavy atom. The second kappa shape index (κ2) is 8.16. The van der Waals surface area contributed by atoms with Gasteiger partial charge in [-0.25, -0.2) is 4.39 Å². The molecular formula is C16H15FN4OS2. The molecule has 124 valence electrons. The van der Waals surface area contributed by atoms with Crippen LogP contribution in [0.3, 0.4) is 0 Å². The van der Waals surface area contributed by atoms with Crippen LogP contribution in [0.2, 0.25) is 0 Å². The fourth-order valence-electron chi connectivity index (χ4n) is 1.98. The second-order valence-electron chi connectivity index (χ2n) is 4.72. The maximum atomic E-state index is 12.9. The Balaban J connectivity index is 1.56. The van der Waals surface area contributed by atoms with Gasteiger partial charge in [-0.1, -0.05) is 11.8 Å². The number of halogens is 1. The normalized spacial score (nSPS) is 10.8. The summed E-state index contributed by atoms with van der Waals surface area (Å²) in [6, 6.07) is 14.1. The van der Waals surface area contributed by atoms with E-state index in [1.54, 1.807) is 47.4 Å². The van der Waals surface area contributed by atoms with Gasteiger partial charge in [0, 0.05) is 16.4 Å². The standard InChI is InChI=1S/C16H15FN4OS2/c1-22-14-6-4-13(5-7-14)21-16(18-19-20-21)24-11-10-23-15-8-2-12(17)3-9-15/h2-9H,10-11H2,1H3. The van der Waals surface area contributed by atoms with Crippen molar-refractivity contribution < 1.29 is 9.13 Å². The van der Waals surface area contributed by atoms with Crippen LogP contribution in [-0.2, 0) is 0 Å². The summed E-state index contributed by atoms with van der Waals surface area (Å²) in [5.41, 5.74) is 0.884. The van der Waals surface area contributed by atoms with E-state index < -0.39 is 0 Å². The molecule has 0 amide bonds. The Bertz CT molecular complexity index is 778. The predicted octanol–water partition coefficient (Wildman–Crippen LogP) is 3.69. The number of hydrogen-bond acceptors (Lipinski definition) is 6. The monoisotopic (exact) mass is 362 g/mol. The Morgan fingerprint density at radius 1 is 1.00 bits per heavy atom. The number of nitrogens with zero attached hydrogens (tertiary/aromatic N) is 4. The minimum Gasteiger partial charge on any atom is -0.497 e. The van der Waals surface area contributed by atoms with Crippen molar-refractivity contribution >= 4 is 23.5 Å². The van der Waals surface area contributed by atoms with Crippen LogP contribution in [0.1, 0.15) is 0 Å². The van der Waals surface area contributed by atoms with Crippen molar-refractivity contribution in [1.29, 1.82) is 0 Å². The number of benzene rings is 2. The van der Waals surface area contributed by atoms with Crippen LogP contribution in [0.15, 0.2) is 58.6 Å². The number of thioether (sulfide) groups is 2. The fraction of sp³-hybridized carbons (Fsp3) is 0.188. The summed E-state index contributed by atoms with van der Waals surface area (Å²) in [5.74, 6) is 2.30. The molecule has 0 N–H and O–H groups in total. The van der Waals surface area contributed by atoms with Gasteiger partial charge < -0.3 is 4.74 Å². The Kier molecular flexibility index (Phi) is 5.71. The molecule has 0 aliphatic rings. The zero-order chi connectivity index (χ0) is 16.8. The first-order chi connectivity index (χ1) is 11.8. The van der Waals surface area contributed by atoms with Crippen molar-refractivity contribution in [2.24, 2.45) is 0 Å². The zero-order valence-electron chi connectivity index (χ0n) is 12.9. The summed E-state index contributed by atoms with van der Waals surface area (Å²) in [5, 5.41) is 12.6. The summed E-state index contributed by atoms with van der Waals surface area (Å²) in [7, 11) is 1.63. The second-order valence-corrected chi connectivity index (χ2v) is 6.95. The molecule has 0 spiro atoms. The van der Waals surface area contributed by atoms with Crippen LogP contribution in [0, 0.1) is 5.82 Å². The van der Waals surface area contributed by atoms with Crippen molar-refractivity contribution in [2.45, 2.75) is 10.1 Å². The third-order valence-corrected chi connectivity index (χ3v) is 5.35. The molecule has 0 atom stereocenters. The first kappa shape index (κ1) is 16.8. The minimum atomic E-state index is -0.215. The number of ether oxygens (including phenoxy) is 1. The summed E-state index contributed by atoms with van der Waals surface area (Å²) in [6.45, 7) is 0. The molecule has 0 unspecified atom stereocenters. The van der Waals surface area contributed by atoms with Crippen LogP contribution in [0.5, 0.6) is 5.75 Å². The molecule has 0 aliphatic carbocycles. The molecule has 2 aromatic carbocycles. The highest BCUT2D eigenvalue weighted by Crippen LogP contribution is 2.23. The highest BCUT2D eigenvalue weighted by molar-refractivity contribution is 8.02. The van der Waals surface area contributed by atoms with Gasteiger partial charge in [0.2, 0.25) is 5.16 Å². The molecule has 8 heteroatoms. The zero-order valence-corrected chi connectivity index (χ0v) is 14.6. The average Bonchev–Trinajstić information content (AvgIpc) is 3.09. The maximum absolute atomic E-state index is 12.9. The maximum Gasteiger partial charge on any atom is 0.214 e. The van der Waals surface area contributed by atoms with E-state index in [0.29, 0.717) is 0 Å². The van der Waals surface area contributed by atoms with Crippen LogP contribution in [-0.4, -0.2) is 38.8 Å². The van der Waals surface area contributed by atoms with E-state index in [0.717, 1.165) is 33.0 Å². The Hall–Kier alpha value is -2.06. The van der Waals surface area contributed by atoms with Gasteiger partial charge >= 0.3 is 0 Å². The number of aromatic nitrogens is 4. The minimum absolute atomic E-state index is 0.215. The lowest BCUT2D eigenvalue weighted by atomic mass is 10.3. The summed E-state index contributed by atoms with van der Waals surface area (Å²) < 4.78 is 19.7. The summed E-state index contributed by atoms with van der Waals surface area (Å²) in [4.78, 5) is 1.05. The smallest absolute Gasteiger partial charge is 0.214 e. The SMILES string of the molecule is COc1ccc(-n2nnnc2SCCSc2ccc(F)cc2)cc1. The van der Waals surface area contributed by atoms with Gasteiger partial charge in [0.1, 0.15) is 11.6 Å². The van der Waals surface area contributed by atoms with Gasteiger partial charge in [-0.15, -0.1) is 16.9 Å². The third-order valence-electron chi connectivity index (χ3n) is 3.15. The summed E-state index contributed by atoms with van der Waals surface area (Å²) in [6.07, 6.45) is 0. The molecule has 0 fully saturated rings. The Morgan fingerprint density at radius 3 is 2.42 bits per heavy atom. The van der Waals surface area contributed by atoms with E-state index in [1.165, 1.54) is 12.1 Å². The highest BCUT2D eigenvalue weighted by atomic mass is 32.2. The number of tetrazole rings is 1. The largest absolute Gasteiger partial charge is 0.497 e. The first-order valence-electron chi connectivity index (χ1n) is 7.20. The van der Waals surface area contributed by atoms with Gasteiger partial charge in [-0.2, -0.15) is 4.68 Å². The number of rotatable bonds is 7. The van der Waals surface area contributed by atoms with Crippen LogP contribution in [0.25, 0.3) is 5.69 Å². The van der Waals surface area contributed by atoms with E-state index >= 15 is 0 Å². The van der Waals surface area contributed by atoms with Crippen molar-refractivity contribution in [3.63, 3.8) is 0 Å². The molecule has 0 aliphatic heterocycles. The topological polar surface area (TPSA) is 52.8 Å². The van der Waals surface area contributed by atoms with E-state index in [-0.39, 0.29) is 5.82 Å². The van der Waals surface area contributed by atoms with E-state index in [9.17, 15) is 4.39 Å². The first-order valence-corrected chi connectivity index (χ1v) is 9.17. The van der Waals surface area contributed by atoms with Crippen molar-refractivity contribution in [3.8, 4) is 11.4 Å². The van der Waals surface area contributed by atoms with Crippen molar-refractivity contribution in [1.82, 2.24) is 20.2 Å². The molecule has 0 radical (unpaired) electrons. The van der Waals surface area contributed by atoms with Crippen LogP contribution >= 0.6 is 23.5 Å². The average molecular weight is 362 g/mol. The molecule has 24 heavy (non-hydrogen) atoms. The van der Waals surface area contributed by atoms with Gasteiger partial charge in [0.15, 0.2) is 0 Å². The third kappa shape index (κ3) is 4.27. The van der Waals surface area contributed by atoms with Gasteiger partial charge in [-0.3, -0.25) is 0 Å². The van der Waals surface area contributed by atoms with Crippen LogP contribution in [0.4, 0.5) is 4.39 Å². The number of methoxy groups -OCH3 is 1. The molecule has 0 saturated heterocycles. The van der Waals surface area contributed by atoms with Gasteiger partial charge in [0.25, 0.3) is 0 Å². The lowest BCUT2D eigenvalue weighted by Gasteiger charge is -2.05. The molecular weight excluding hydrogens is 347 g/mol.